The Kier molecular flexibility index (Phi) is 2.74. The second-order valence-corrected chi connectivity index (χ2v) is 4.77. The molecule has 3 rings (SSSR count). The van der Waals surface area contributed by atoms with Crippen molar-refractivity contribution in [2.24, 2.45) is 0 Å². The summed E-state index contributed by atoms with van der Waals surface area (Å²) >= 11 is 0. The summed E-state index contributed by atoms with van der Waals surface area (Å²) in [5.74, 6) is 1.81. The molecule has 4 heteroatoms. The summed E-state index contributed by atoms with van der Waals surface area (Å²) in [7, 11) is 1.78. The van der Waals surface area contributed by atoms with Crippen molar-refractivity contribution in [2.75, 3.05) is 26.8 Å². The zero-order valence-electron chi connectivity index (χ0n) is 10.8. The molecule has 0 spiro atoms. The van der Waals surface area contributed by atoms with Crippen LogP contribution in [-0.4, -0.2) is 32.6 Å². The minimum atomic E-state index is 0.0948. The summed E-state index contributed by atoms with van der Waals surface area (Å²) in [4.78, 5) is 12.3. The molecule has 0 amide bonds. The van der Waals surface area contributed by atoms with Gasteiger partial charge in [0.1, 0.15) is 11.5 Å². The van der Waals surface area contributed by atoms with Crippen molar-refractivity contribution in [3.63, 3.8) is 0 Å². The molecule has 1 aromatic rings. The standard InChI is InChI=1S/C14H17NO3/c1-8-9-3-5-18-14(9)12(11(16)7-15-2)10-4-6-17-13(8)10/h15H,3-7H2,1-2H3. The van der Waals surface area contributed by atoms with Crippen LogP contribution in [0.5, 0.6) is 11.5 Å². The molecule has 0 atom stereocenters. The number of Topliss-reactive ketones (excluding diaryl/α,β-unsaturated/α-hetero) is 1. The molecule has 0 fully saturated rings. The van der Waals surface area contributed by atoms with Crippen molar-refractivity contribution in [3.05, 3.63) is 22.3 Å². The SMILES string of the molecule is CNCC(=O)c1c2c(c(C)c3c1OCC3)OCC2. The predicted octanol–water partition coefficient (Wildman–Crippen LogP) is 1.27. The highest BCUT2D eigenvalue weighted by Crippen LogP contribution is 2.44. The van der Waals surface area contributed by atoms with E-state index in [1.807, 2.05) is 0 Å². The van der Waals surface area contributed by atoms with E-state index in [2.05, 4.69) is 12.2 Å². The third-order valence-corrected chi connectivity index (χ3v) is 3.68. The number of ether oxygens (including phenoxy) is 2. The molecule has 4 nitrogen and oxygen atoms in total. The Labute approximate surface area is 106 Å². The molecule has 1 N–H and O–H groups in total. The summed E-state index contributed by atoms with van der Waals surface area (Å²) in [6.45, 7) is 3.73. The number of likely N-dealkylation sites (N-methyl/N-ethyl adjacent to an activating group) is 1. The molecule has 2 heterocycles. The van der Waals surface area contributed by atoms with E-state index in [1.54, 1.807) is 7.05 Å². The molecule has 0 aliphatic carbocycles. The van der Waals surface area contributed by atoms with Crippen molar-refractivity contribution >= 4 is 5.78 Å². The van der Waals surface area contributed by atoms with Gasteiger partial charge in [-0.25, -0.2) is 0 Å². The average Bonchev–Trinajstić information content (AvgIpc) is 2.97. The number of ketones is 1. The normalized spacial score (nSPS) is 15.9. The Morgan fingerprint density at radius 2 is 1.83 bits per heavy atom. The Morgan fingerprint density at radius 1 is 1.17 bits per heavy atom. The van der Waals surface area contributed by atoms with Gasteiger partial charge >= 0.3 is 0 Å². The first-order valence-corrected chi connectivity index (χ1v) is 6.35. The van der Waals surface area contributed by atoms with Crippen LogP contribution in [0.4, 0.5) is 0 Å². The topological polar surface area (TPSA) is 47.6 Å². The van der Waals surface area contributed by atoms with Crippen molar-refractivity contribution in [2.45, 2.75) is 19.8 Å². The molecule has 0 unspecified atom stereocenters. The van der Waals surface area contributed by atoms with Gasteiger partial charge in [0.05, 0.1) is 25.3 Å². The number of hydrogen-bond acceptors (Lipinski definition) is 4. The average molecular weight is 247 g/mol. The lowest BCUT2D eigenvalue weighted by Crippen LogP contribution is -2.20. The van der Waals surface area contributed by atoms with Gasteiger partial charge in [-0.2, -0.15) is 0 Å². The fourth-order valence-corrected chi connectivity index (χ4v) is 2.88. The molecule has 0 radical (unpaired) electrons. The van der Waals surface area contributed by atoms with E-state index in [0.29, 0.717) is 19.8 Å². The Bertz CT molecular complexity index is 487. The van der Waals surface area contributed by atoms with Crippen LogP contribution in [0.25, 0.3) is 0 Å². The van der Waals surface area contributed by atoms with E-state index in [0.717, 1.165) is 46.6 Å². The molecule has 18 heavy (non-hydrogen) atoms. The lowest BCUT2D eigenvalue weighted by atomic mass is 9.92. The van der Waals surface area contributed by atoms with Crippen molar-refractivity contribution < 1.29 is 14.3 Å². The molecule has 0 saturated carbocycles. The number of carbonyl (C=O) groups is 1. The van der Waals surface area contributed by atoms with E-state index in [-0.39, 0.29) is 5.78 Å². The van der Waals surface area contributed by atoms with Gasteiger partial charge in [0.15, 0.2) is 5.78 Å². The van der Waals surface area contributed by atoms with Gasteiger partial charge in [-0.1, -0.05) is 0 Å². The number of rotatable bonds is 3. The Morgan fingerprint density at radius 3 is 2.56 bits per heavy atom. The molecule has 2 aliphatic heterocycles. The van der Waals surface area contributed by atoms with E-state index >= 15 is 0 Å². The molecule has 0 saturated heterocycles. The smallest absolute Gasteiger partial charge is 0.180 e. The number of nitrogens with one attached hydrogen (secondary N) is 1. The van der Waals surface area contributed by atoms with Crippen molar-refractivity contribution in [3.8, 4) is 11.5 Å². The minimum absolute atomic E-state index is 0.0948. The second-order valence-electron chi connectivity index (χ2n) is 4.77. The maximum atomic E-state index is 12.3. The molecular formula is C14H17NO3. The maximum Gasteiger partial charge on any atom is 0.180 e. The van der Waals surface area contributed by atoms with Crippen molar-refractivity contribution in [1.29, 1.82) is 0 Å². The van der Waals surface area contributed by atoms with Crippen LogP contribution in [0.2, 0.25) is 0 Å². The predicted molar refractivity (Wildman–Crippen MR) is 67.8 cm³/mol. The number of hydrogen-bond donors (Lipinski definition) is 1. The molecule has 96 valence electrons. The summed E-state index contributed by atoms with van der Waals surface area (Å²) in [5.41, 5.74) is 4.08. The van der Waals surface area contributed by atoms with Crippen molar-refractivity contribution in [1.82, 2.24) is 5.32 Å². The van der Waals surface area contributed by atoms with Crippen LogP contribution in [0.1, 0.15) is 27.0 Å². The molecule has 2 aliphatic rings. The van der Waals surface area contributed by atoms with Gasteiger partial charge in [0.2, 0.25) is 0 Å². The van der Waals surface area contributed by atoms with Gasteiger partial charge in [-0.05, 0) is 19.5 Å². The highest BCUT2D eigenvalue weighted by Gasteiger charge is 2.32. The zero-order valence-corrected chi connectivity index (χ0v) is 10.8. The highest BCUT2D eigenvalue weighted by atomic mass is 16.5. The maximum absolute atomic E-state index is 12.3. The van der Waals surface area contributed by atoms with Crippen LogP contribution in [0.3, 0.4) is 0 Å². The summed E-state index contributed by atoms with van der Waals surface area (Å²) in [6, 6.07) is 0. The summed E-state index contributed by atoms with van der Waals surface area (Å²) < 4.78 is 11.4. The quantitative estimate of drug-likeness (QED) is 0.817. The van der Waals surface area contributed by atoms with Crippen LogP contribution < -0.4 is 14.8 Å². The van der Waals surface area contributed by atoms with Gasteiger partial charge in [0.25, 0.3) is 0 Å². The third kappa shape index (κ3) is 1.52. The van der Waals surface area contributed by atoms with E-state index < -0.39 is 0 Å². The van der Waals surface area contributed by atoms with Crippen LogP contribution in [0.15, 0.2) is 0 Å². The number of fused-ring (bicyclic) bond motifs is 2. The van der Waals surface area contributed by atoms with Crippen LogP contribution in [0, 0.1) is 6.92 Å². The lowest BCUT2D eigenvalue weighted by Gasteiger charge is -2.14. The van der Waals surface area contributed by atoms with E-state index in [9.17, 15) is 4.79 Å². The molecule has 0 aromatic heterocycles. The van der Waals surface area contributed by atoms with Crippen LogP contribution in [-0.2, 0) is 12.8 Å². The Hall–Kier alpha value is -1.55. The van der Waals surface area contributed by atoms with Crippen LogP contribution >= 0.6 is 0 Å². The van der Waals surface area contributed by atoms with Gasteiger partial charge in [-0.3, -0.25) is 4.79 Å². The summed E-state index contributed by atoms with van der Waals surface area (Å²) in [6.07, 6.45) is 1.68. The first kappa shape index (κ1) is 11.5. The minimum Gasteiger partial charge on any atom is -0.493 e. The van der Waals surface area contributed by atoms with Gasteiger partial charge < -0.3 is 14.8 Å². The van der Waals surface area contributed by atoms with Gasteiger partial charge in [0, 0.05) is 24.0 Å². The monoisotopic (exact) mass is 247 g/mol. The first-order chi connectivity index (χ1) is 8.74. The lowest BCUT2D eigenvalue weighted by molar-refractivity contribution is 0.0989. The Balaban J connectivity index is 2.21. The molecule has 1 aromatic carbocycles. The second kappa shape index (κ2) is 4.28. The fraction of sp³-hybridized carbons (Fsp3) is 0.500. The van der Waals surface area contributed by atoms with Gasteiger partial charge in [-0.15, -0.1) is 0 Å². The van der Waals surface area contributed by atoms with E-state index in [1.165, 1.54) is 0 Å². The molecule has 0 bridgehead atoms. The largest absolute Gasteiger partial charge is 0.493 e. The first-order valence-electron chi connectivity index (χ1n) is 6.35. The van der Waals surface area contributed by atoms with E-state index in [4.69, 9.17) is 9.47 Å². The zero-order chi connectivity index (χ0) is 12.7. The summed E-state index contributed by atoms with van der Waals surface area (Å²) in [5, 5.41) is 2.92. The number of carbonyl (C=O) groups excluding carboxylic acids is 1. The fourth-order valence-electron chi connectivity index (χ4n) is 2.88. The highest BCUT2D eigenvalue weighted by molar-refractivity contribution is 6.03. The number of benzene rings is 1. The molecular weight excluding hydrogens is 230 g/mol. The third-order valence-electron chi connectivity index (χ3n) is 3.68.